The van der Waals surface area contributed by atoms with Gasteiger partial charge < -0.3 is 56.8 Å². The molecule has 0 aromatic heterocycles. The van der Waals surface area contributed by atoms with Crippen LogP contribution in [0.25, 0.3) is 0 Å². The Hall–Kier alpha value is -1.58. The molecule has 230 valence electrons. The first-order chi connectivity index (χ1) is 19.4. The number of methoxy groups -OCH3 is 8. The maximum absolute atomic E-state index is 6.59. The SMILES string of the molecule is COCC1OC(OCCc2ccc(OC)c(OC)c2)C(OC)C(OC2OC(C)C(OC)C(OC)C2OC)C1OC. The van der Waals surface area contributed by atoms with Crippen LogP contribution < -0.4 is 9.47 Å². The van der Waals surface area contributed by atoms with Gasteiger partial charge in [0.25, 0.3) is 0 Å². The zero-order chi connectivity index (χ0) is 29.2. The number of hydrogen-bond acceptors (Lipinski definition) is 12. The summed E-state index contributed by atoms with van der Waals surface area (Å²) in [5.74, 6) is 1.32. The molecule has 0 radical (unpaired) electrons. The monoisotopic (exact) mass is 574 g/mol. The van der Waals surface area contributed by atoms with E-state index < -0.39 is 49.2 Å². The average Bonchev–Trinajstić information content (AvgIpc) is 2.96. The number of benzene rings is 1. The molecule has 2 fully saturated rings. The van der Waals surface area contributed by atoms with E-state index in [1.807, 2.05) is 25.1 Å². The second-order valence-corrected chi connectivity index (χ2v) is 9.62. The van der Waals surface area contributed by atoms with Crippen molar-refractivity contribution in [2.75, 3.05) is 70.1 Å². The minimum absolute atomic E-state index is 0.256. The highest BCUT2D eigenvalue weighted by atomic mass is 16.8. The highest BCUT2D eigenvalue weighted by Gasteiger charge is 2.53. The fraction of sp³-hybridized carbons (Fsp3) is 0.786. The molecule has 0 spiro atoms. The van der Waals surface area contributed by atoms with Crippen LogP contribution in [0.3, 0.4) is 0 Å². The Morgan fingerprint density at radius 2 is 1.27 bits per heavy atom. The third kappa shape index (κ3) is 7.43. The molecule has 2 saturated heterocycles. The lowest BCUT2D eigenvalue weighted by atomic mass is 9.96. The van der Waals surface area contributed by atoms with Gasteiger partial charge >= 0.3 is 0 Å². The van der Waals surface area contributed by atoms with Gasteiger partial charge in [0.2, 0.25) is 0 Å². The molecule has 2 aliphatic heterocycles. The molecule has 0 aliphatic carbocycles. The van der Waals surface area contributed by atoms with Crippen molar-refractivity contribution in [2.45, 2.75) is 74.8 Å². The third-order valence-corrected chi connectivity index (χ3v) is 7.42. The molecule has 40 heavy (non-hydrogen) atoms. The normalized spacial score (nSPS) is 34.5. The van der Waals surface area contributed by atoms with Crippen molar-refractivity contribution in [3.63, 3.8) is 0 Å². The van der Waals surface area contributed by atoms with Crippen molar-refractivity contribution in [3.8, 4) is 11.5 Å². The molecule has 12 nitrogen and oxygen atoms in total. The van der Waals surface area contributed by atoms with Gasteiger partial charge in [-0.05, 0) is 31.0 Å². The molecule has 12 heteroatoms. The predicted octanol–water partition coefficient (Wildman–Crippen LogP) is 1.84. The standard InChI is InChI=1S/C28H46O12/c1-16-21(32-5)23(34-7)25(35-8)28(38-16)40-24-22(33-6)20(15-29-2)39-27(26(24)36-9)37-13-12-17-10-11-18(30-3)19(14-17)31-4/h10-11,14,16,20-28H,12-13,15H2,1-9H3. The first-order valence-electron chi connectivity index (χ1n) is 13.3. The van der Waals surface area contributed by atoms with Gasteiger partial charge in [-0.25, -0.2) is 0 Å². The first kappa shape index (κ1) is 32.9. The van der Waals surface area contributed by atoms with Crippen molar-refractivity contribution in [3.05, 3.63) is 23.8 Å². The van der Waals surface area contributed by atoms with E-state index >= 15 is 0 Å². The van der Waals surface area contributed by atoms with E-state index in [-0.39, 0.29) is 18.8 Å². The molecule has 1 aromatic carbocycles. The number of rotatable bonds is 15. The lowest BCUT2D eigenvalue weighted by Crippen LogP contribution is -2.65. The van der Waals surface area contributed by atoms with Crippen molar-refractivity contribution < 1.29 is 56.8 Å². The third-order valence-electron chi connectivity index (χ3n) is 7.42. The maximum Gasteiger partial charge on any atom is 0.187 e. The molecule has 2 heterocycles. The first-order valence-corrected chi connectivity index (χ1v) is 13.3. The van der Waals surface area contributed by atoms with Crippen molar-refractivity contribution in [2.24, 2.45) is 0 Å². The summed E-state index contributed by atoms with van der Waals surface area (Å²) in [6, 6.07) is 5.75. The lowest BCUT2D eigenvalue weighted by Gasteiger charge is -2.49. The van der Waals surface area contributed by atoms with Crippen LogP contribution in [0.4, 0.5) is 0 Å². The summed E-state index contributed by atoms with van der Waals surface area (Å²) in [4.78, 5) is 0. The smallest absolute Gasteiger partial charge is 0.187 e. The van der Waals surface area contributed by atoms with Gasteiger partial charge in [0.1, 0.15) is 42.7 Å². The topological polar surface area (TPSA) is 111 Å². The summed E-state index contributed by atoms with van der Waals surface area (Å²) in [6.45, 7) is 2.51. The Morgan fingerprint density at radius 3 is 1.85 bits per heavy atom. The highest BCUT2D eigenvalue weighted by Crippen LogP contribution is 2.34. The Kier molecular flexibility index (Phi) is 13.3. The zero-order valence-corrected chi connectivity index (χ0v) is 25.0. The summed E-state index contributed by atoms with van der Waals surface area (Å²) in [5.41, 5.74) is 1.02. The van der Waals surface area contributed by atoms with Crippen LogP contribution in [0.2, 0.25) is 0 Å². The van der Waals surface area contributed by atoms with E-state index in [2.05, 4.69) is 0 Å². The molecule has 2 aliphatic rings. The Morgan fingerprint density at radius 1 is 0.650 bits per heavy atom. The van der Waals surface area contributed by atoms with Crippen molar-refractivity contribution >= 4 is 0 Å². The van der Waals surface area contributed by atoms with E-state index in [9.17, 15) is 0 Å². The summed E-state index contributed by atoms with van der Waals surface area (Å²) in [6.07, 6.45) is -4.97. The average molecular weight is 575 g/mol. The van der Waals surface area contributed by atoms with Gasteiger partial charge in [-0.1, -0.05) is 6.07 Å². The Balaban J connectivity index is 1.79. The molecule has 0 bridgehead atoms. The molecule has 1 aromatic rings. The minimum atomic E-state index is -0.801. The van der Waals surface area contributed by atoms with E-state index in [1.165, 1.54) is 0 Å². The Labute approximate surface area is 237 Å². The van der Waals surface area contributed by atoms with Gasteiger partial charge in [-0.2, -0.15) is 0 Å². The molecular weight excluding hydrogens is 528 g/mol. The van der Waals surface area contributed by atoms with Gasteiger partial charge in [0, 0.05) is 42.7 Å². The van der Waals surface area contributed by atoms with E-state index in [0.717, 1.165) is 5.56 Å². The van der Waals surface area contributed by atoms with Crippen LogP contribution in [0, 0.1) is 0 Å². The second kappa shape index (κ2) is 16.2. The van der Waals surface area contributed by atoms with Gasteiger partial charge in [0.15, 0.2) is 24.1 Å². The highest BCUT2D eigenvalue weighted by molar-refractivity contribution is 5.42. The molecule has 3 rings (SSSR count). The molecule has 0 amide bonds. The molecular formula is C28H46O12. The van der Waals surface area contributed by atoms with Crippen LogP contribution in [0.5, 0.6) is 11.5 Å². The number of ether oxygens (including phenoxy) is 12. The second-order valence-electron chi connectivity index (χ2n) is 9.62. The van der Waals surface area contributed by atoms with Crippen molar-refractivity contribution in [1.29, 1.82) is 0 Å². The summed E-state index contributed by atoms with van der Waals surface area (Å²) >= 11 is 0. The largest absolute Gasteiger partial charge is 0.493 e. The molecule has 0 saturated carbocycles. The summed E-state index contributed by atoms with van der Waals surface area (Å²) < 4.78 is 70.4. The fourth-order valence-electron chi connectivity index (χ4n) is 5.41. The van der Waals surface area contributed by atoms with Gasteiger partial charge in [-0.15, -0.1) is 0 Å². The number of hydrogen-bond donors (Lipinski definition) is 0. The molecule has 10 unspecified atom stereocenters. The summed E-state index contributed by atoms with van der Waals surface area (Å²) in [7, 11) is 12.8. The van der Waals surface area contributed by atoms with Crippen LogP contribution in [-0.4, -0.2) is 132 Å². The molecule has 10 atom stereocenters. The zero-order valence-electron chi connectivity index (χ0n) is 25.0. The Bertz CT molecular complexity index is 872. The van der Waals surface area contributed by atoms with Crippen LogP contribution in [0.1, 0.15) is 12.5 Å². The van der Waals surface area contributed by atoms with Crippen LogP contribution >= 0.6 is 0 Å². The van der Waals surface area contributed by atoms with Gasteiger partial charge in [0.05, 0.1) is 33.5 Å². The maximum atomic E-state index is 6.59. The molecule has 0 N–H and O–H groups in total. The van der Waals surface area contributed by atoms with Crippen LogP contribution in [-0.2, 0) is 53.8 Å². The van der Waals surface area contributed by atoms with E-state index in [4.69, 9.17) is 56.8 Å². The fourth-order valence-corrected chi connectivity index (χ4v) is 5.41. The van der Waals surface area contributed by atoms with Crippen LogP contribution in [0.15, 0.2) is 18.2 Å². The quantitative estimate of drug-likeness (QED) is 0.305. The minimum Gasteiger partial charge on any atom is -0.493 e. The predicted molar refractivity (Wildman–Crippen MR) is 143 cm³/mol. The lowest BCUT2D eigenvalue weighted by molar-refractivity contribution is -0.365. The summed E-state index contributed by atoms with van der Waals surface area (Å²) in [5, 5.41) is 0. The van der Waals surface area contributed by atoms with E-state index in [1.54, 1.807) is 56.9 Å². The van der Waals surface area contributed by atoms with E-state index in [0.29, 0.717) is 24.5 Å². The van der Waals surface area contributed by atoms with Gasteiger partial charge in [-0.3, -0.25) is 0 Å². The van der Waals surface area contributed by atoms with Crippen molar-refractivity contribution in [1.82, 2.24) is 0 Å².